The maximum absolute atomic E-state index is 12.4. The van der Waals surface area contributed by atoms with Gasteiger partial charge in [0.05, 0.1) is 0 Å². The van der Waals surface area contributed by atoms with Crippen LogP contribution in [0.2, 0.25) is 0 Å². The standard InChI is InChI=1S/C24H37N3O4/c1-19-16-27(23(29)31-24(2,3)4)15-14-26(19)17-20-10-12-25(13-11-20)22(28)30-18-21-8-6-5-7-9-21/h5-9,19-20H,10-18H2,1-4H3/t19-/m1/s1. The summed E-state index contributed by atoms with van der Waals surface area (Å²) < 4.78 is 11.0. The number of benzene rings is 1. The summed E-state index contributed by atoms with van der Waals surface area (Å²) in [6.45, 7) is 12.9. The molecule has 0 unspecified atom stereocenters. The first-order valence-electron chi connectivity index (χ1n) is 11.4. The summed E-state index contributed by atoms with van der Waals surface area (Å²) in [5.74, 6) is 0.564. The SMILES string of the molecule is C[C@@H]1CN(C(=O)OC(C)(C)C)CCN1CC1CCN(C(=O)OCc2ccccc2)CC1. The van der Waals surface area contributed by atoms with Gasteiger partial charge in [0.25, 0.3) is 0 Å². The summed E-state index contributed by atoms with van der Waals surface area (Å²) in [5.41, 5.74) is 0.540. The Labute approximate surface area is 186 Å². The molecule has 0 bridgehead atoms. The summed E-state index contributed by atoms with van der Waals surface area (Å²) in [7, 11) is 0. The van der Waals surface area contributed by atoms with Crippen LogP contribution in [-0.4, -0.2) is 77.8 Å². The highest BCUT2D eigenvalue weighted by atomic mass is 16.6. The molecular weight excluding hydrogens is 394 g/mol. The number of rotatable bonds is 4. The van der Waals surface area contributed by atoms with Crippen molar-refractivity contribution in [2.75, 3.05) is 39.3 Å². The molecule has 31 heavy (non-hydrogen) atoms. The van der Waals surface area contributed by atoms with Gasteiger partial charge in [0.2, 0.25) is 0 Å². The summed E-state index contributed by atoms with van der Waals surface area (Å²) in [5, 5.41) is 0. The largest absolute Gasteiger partial charge is 0.445 e. The van der Waals surface area contributed by atoms with E-state index < -0.39 is 5.60 Å². The summed E-state index contributed by atoms with van der Waals surface area (Å²) in [4.78, 5) is 30.8. The lowest BCUT2D eigenvalue weighted by molar-refractivity contribution is 0.00180. The van der Waals surface area contributed by atoms with Crippen LogP contribution < -0.4 is 0 Å². The number of hydrogen-bond donors (Lipinski definition) is 0. The molecule has 1 atom stereocenters. The lowest BCUT2D eigenvalue weighted by Gasteiger charge is -2.42. The first kappa shape index (κ1) is 23.4. The Hall–Kier alpha value is -2.28. The van der Waals surface area contributed by atoms with Gasteiger partial charge in [-0.3, -0.25) is 4.90 Å². The average molecular weight is 432 g/mol. The molecular formula is C24H37N3O4. The average Bonchev–Trinajstić information content (AvgIpc) is 2.73. The summed E-state index contributed by atoms with van der Waals surface area (Å²) in [6, 6.07) is 10.1. The molecule has 172 valence electrons. The van der Waals surface area contributed by atoms with Gasteiger partial charge >= 0.3 is 12.2 Å². The van der Waals surface area contributed by atoms with E-state index in [2.05, 4.69) is 11.8 Å². The molecule has 1 aromatic rings. The number of hydrogen-bond acceptors (Lipinski definition) is 5. The van der Waals surface area contributed by atoms with Crippen LogP contribution in [0.3, 0.4) is 0 Å². The van der Waals surface area contributed by atoms with Gasteiger partial charge in [-0.2, -0.15) is 0 Å². The number of ether oxygens (including phenoxy) is 2. The first-order chi connectivity index (χ1) is 14.7. The van der Waals surface area contributed by atoms with Gasteiger partial charge in [0.1, 0.15) is 12.2 Å². The third-order valence-corrected chi connectivity index (χ3v) is 5.99. The molecule has 2 saturated heterocycles. The van der Waals surface area contributed by atoms with E-state index in [1.54, 1.807) is 0 Å². The van der Waals surface area contributed by atoms with Crippen LogP contribution in [0.25, 0.3) is 0 Å². The fourth-order valence-corrected chi connectivity index (χ4v) is 4.20. The Morgan fingerprint density at radius 1 is 0.968 bits per heavy atom. The van der Waals surface area contributed by atoms with Gasteiger partial charge in [0.15, 0.2) is 0 Å². The Balaban J connectivity index is 1.38. The van der Waals surface area contributed by atoms with Gasteiger partial charge in [0, 0.05) is 45.3 Å². The molecule has 3 rings (SSSR count). The van der Waals surface area contributed by atoms with Crippen molar-refractivity contribution in [3.8, 4) is 0 Å². The van der Waals surface area contributed by atoms with Crippen molar-refractivity contribution in [3.63, 3.8) is 0 Å². The fourth-order valence-electron chi connectivity index (χ4n) is 4.20. The molecule has 0 aromatic heterocycles. The van der Waals surface area contributed by atoms with Crippen LogP contribution in [0.5, 0.6) is 0 Å². The zero-order valence-electron chi connectivity index (χ0n) is 19.4. The fraction of sp³-hybridized carbons (Fsp3) is 0.667. The maximum Gasteiger partial charge on any atom is 0.410 e. The van der Waals surface area contributed by atoms with Crippen molar-refractivity contribution in [1.29, 1.82) is 0 Å². The highest BCUT2D eigenvalue weighted by Gasteiger charge is 2.32. The zero-order valence-corrected chi connectivity index (χ0v) is 19.4. The Morgan fingerprint density at radius 2 is 1.65 bits per heavy atom. The number of piperidine rings is 1. The molecule has 0 spiro atoms. The molecule has 1 aromatic carbocycles. The Kier molecular flexibility index (Phi) is 7.81. The predicted octanol–water partition coefficient (Wildman–Crippen LogP) is 3.98. The number of carbonyl (C=O) groups excluding carboxylic acids is 2. The molecule has 0 saturated carbocycles. The van der Waals surface area contributed by atoms with Gasteiger partial charge < -0.3 is 19.3 Å². The molecule has 2 aliphatic rings. The van der Waals surface area contributed by atoms with E-state index in [0.717, 1.165) is 44.6 Å². The van der Waals surface area contributed by atoms with Crippen LogP contribution in [-0.2, 0) is 16.1 Å². The minimum Gasteiger partial charge on any atom is -0.445 e. The van der Waals surface area contributed by atoms with Crippen molar-refractivity contribution in [1.82, 2.24) is 14.7 Å². The third-order valence-electron chi connectivity index (χ3n) is 5.99. The van der Waals surface area contributed by atoms with Crippen molar-refractivity contribution in [3.05, 3.63) is 35.9 Å². The zero-order chi connectivity index (χ0) is 22.4. The second-order valence-corrected chi connectivity index (χ2v) is 9.74. The Bertz CT molecular complexity index is 726. The number of carbonyl (C=O) groups is 2. The molecule has 2 aliphatic heterocycles. The lowest BCUT2D eigenvalue weighted by atomic mass is 9.95. The molecule has 2 amide bonds. The first-order valence-corrected chi connectivity index (χ1v) is 11.4. The van der Waals surface area contributed by atoms with E-state index in [0.29, 0.717) is 31.7 Å². The van der Waals surface area contributed by atoms with Crippen LogP contribution in [0.4, 0.5) is 9.59 Å². The van der Waals surface area contributed by atoms with Gasteiger partial charge in [-0.15, -0.1) is 0 Å². The summed E-state index contributed by atoms with van der Waals surface area (Å²) in [6.07, 6.45) is 1.53. The molecule has 2 heterocycles. The van der Waals surface area contributed by atoms with E-state index >= 15 is 0 Å². The topological polar surface area (TPSA) is 62.3 Å². The molecule has 0 N–H and O–H groups in total. The van der Waals surface area contributed by atoms with Crippen LogP contribution in [0, 0.1) is 5.92 Å². The minimum atomic E-state index is -0.465. The Morgan fingerprint density at radius 3 is 2.26 bits per heavy atom. The van der Waals surface area contributed by atoms with Crippen molar-refractivity contribution >= 4 is 12.2 Å². The molecule has 7 nitrogen and oxygen atoms in total. The number of amides is 2. The monoisotopic (exact) mass is 431 g/mol. The third kappa shape index (κ3) is 7.13. The number of likely N-dealkylation sites (tertiary alicyclic amines) is 1. The van der Waals surface area contributed by atoms with Gasteiger partial charge in [-0.05, 0) is 52.0 Å². The van der Waals surface area contributed by atoms with Crippen LogP contribution in [0.15, 0.2) is 30.3 Å². The number of piperazine rings is 1. The van der Waals surface area contributed by atoms with Crippen molar-refractivity contribution in [2.45, 2.75) is 58.8 Å². The second-order valence-electron chi connectivity index (χ2n) is 9.74. The quantitative estimate of drug-likeness (QED) is 0.722. The van der Waals surface area contributed by atoms with Crippen molar-refractivity contribution < 1.29 is 19.1 Å². The van der Waals surface area contributed by atoms with Crippen LogP contribution in [0.1, 0.15) is 46.1 Å². The highest BCUT2D eigenvalue weighted by Crippen LogP contribution is 2.22. The van der Waals surface area contributed by atoms with Gasteiger partial charge in [-0.25, -0.2) is 9.59 Å². The van der Waals surface area contributed by atoms with Gasteiger partial charge in [-0.1, -0.05) is 30.3 Å². The van der Waals surface area contributed by atoms with E-state index in [9.17, 15) is 9.59 Å². The van der Waals surface area contributed by atoms with Crippen molar-refractivity contribution in [2.24, 2.45) is 5.92 Å². The van der Waals surface area contributed by atoms with E-state index in [4.69, 9.17) is 9.47 Å². The van der Waals surface area contributed by atoms with E-state index in [1.807, 2.05) is 60.9 Å². The highest BCUT2D eigenvalue weighted by molar-refractivity contribution is 5.68. The predicted molar refractivity (Wildman–Crippen MR) is 120 cm³/mol. The molecule has 2 fully saturated rings. The molecule has 7 heteroatoms. The normalized spacial score (nSPS) is 21.1. The molecule has 0 radical (unpaired) electrons. The van der Waals surface area contributed by atoms with E-state index in [-0.39, 0.29) is 12.2 Å². The second kappa shape index (κ2) is 10.4. The number of nitrogens with zero attached hydrogens (tertiary/aromatic N) is 3. The molecule has 0 aliphatic carbocycles. The van der Waals surface area contributed by atoms with Crippen LogP contribution >= 0.6 is 0 Å². The summed E-state index contributed by atoms with van der Waals surface area (Å²) >= 11 is 0. The minimum absolute atomic E-state index is 0.221. The smallest absolute Gasteiger partial charge is 0.410 e. The van der Waals surface area contributed by atoms with E-state index in [1.165, 1.54) is 0 Å². The maximum atomic E-state index is 12.4. The lowest BCUT2D eigenvalue weighted by Crippen LogP contribution is -2.55.